The van der Waals surface area contributed by atoms with Crippen LogP contribution < -0.4 is 10.6 Å². The molecule has 1 atom stereocenters. The number of nitrogens with zero attached hydrogens (tertiary/aromatic N) is 2. The van der Waals surface area contributed by atoms with Crippen LogP contribution in [0.25, 0.3) is 0 Å². The van der Waals surface area contributed by atoms with E-state index in [1.54, 1.807) is 0 Å². The van der Waals surface area contributed by atoms with Crippen LogP contribution in [-0.2, 0) is 10.0 Å². The van der Waals surface area contributed by atoms with Crippen molar-refractivity contribution in [3.63, 3.8) is 0 Å². The molecule has 0 radical (unpaired) electrons. The van der Waals surface area contributed by atoms with E-state index in [1.165, 1.54) is 10.6 Å². The summed E-state index contributed by atoms with van der Waals surface area (Å²) in [5, 5.41) is 6.31. The van der Waals surface area contributed by atoms with E-state index in [-0.39, 0.29) is 24.0 Å². The van der Waals surface area contributed by atoms with Crippen molar-refractivity contribution in [1.82, 2.24) is 14.9 Å². The standard InChI is InChI=1S/C11H24N4O2S.HI/c1-4-12-11(13-5-2)14-8-10-6-7-15(9-10)18(3,16)17;/h10H,4-9H2,1-3H3,(H2,12,13,14);1H. The molecule has 0 amide bonds. The normalized spacial score (nSPS) is 19.6. The molecule has 1 fully saturated rings. The SMILES string of the molecule is CCNC(=NCC1CCN(S(C)(=O)=O)C1)NCC.I. The first-order chi connectivity index (χ1) is 8.47. The number of aliphatic imine (C=N–C) groups is 1. The van der Waals surface area contributed by atoms with Gasteiger partial charge in [0.05, 0.1) is 6.26 Å². The average Bonchev–Trinajstić information content (AvgIpc) is 2.75. The summed E-state index contributed by atoms with van der Waals surface area (Å²) in [7, 11) is -3.04. The van der Waals surface area contributed by atoms with Gasteiger partial charge >= 0.3 is 0 Å². The van der Waals surface area contributed by atoms with Crippen LogP contribution in [0, 0.1) is 5.92 Å². The van der Waals surface area contributed by atoms with Gasteiger partial charge in [-0.3, -0.25) is 4.99 Å². The number of rotatable bonds is 5. The van der Waals surface area contributed by atoms with Crippen LogP contribution in [0.15, 0.2) is 4.99 Å². The Balaban J connectivity index is 0.00000324. The summed E-state index contributed by atoms with van der Waals surface area (Å²) in [6, 6.07) is 0. The molecule has 0 aromatic carbocycles. The third-order valence-electron chi connectivity index (χ3n) is 2.91. The van der Waals surface area contributed by atoms with Crippen LogP contribution >= 0.6 is 24.0 Å². The monoisotopic (exact) mass is 404 g/mol. The number of halogens is 1. The first kappa shape index (κ1) is 18.9. The van der Waals surface area contributed by atoms with Gasteiger partial charge in [-0.15, -0.1) is 24.0 Å². The molecule has 1 saturated heterocycles. The molecule has 0 aromatic rings. The Kier molecular flexibility index (Phi) is 8.92. The molecular formula is C11H25IN4O2S. The molecule has 114 valence electrons. The highest BCUT2D eigenvalue weighted by molar-refractivity contribution is 14.0. The van der Waals surface area contributed by atoms with Crippen LogP contribution in [0.5, 0.6) is 0 Å². The topological polar surface area (TPSA) is 73.8 Å². The predicted molar refractivity (Wildman–Crippen MR) is 89.6 cm³/mol. The molecular weight excluding hydrogens is 379 g/mol. The van der Waals surface area contributed by atoms with E-state index < -0.39 is 10.0 Å². The van der Waals surface area contributed by atoms with Gasteiger partial charge in [0.15, 0.2) is 5.96 Å². The fourth-order valence-electron chi connectivity index (χ4n) is 1.98. The summed E-state index contributed by atoms with van der Waals surface area (Å²) >= 11 is 0. The highest BCUT2D eigenvalue weighted by Crippen LogP contribution is 2.18. The first-order valence-corrected chi connectivity index (χ1v) is 8.29. The summed E-state index contributed by atoms with van der Waals surface area (Å²) in [6.07, 6.45) is 2.16. The second kappa shape index (κ2) is 8.96. The van der Waals surface area contributed by atoms with Gasteiger partial charge in [-0.1, -0.05) is 0 Å². The van der Waals surface area contributed by atoms with Gasteiger partial charge < -0.3 is 10.6 Å². The van der Waals surface area contributed by atoms with Gasteiger partial charge in [-0.25, -0.2) is 12.7 Å². The number of nitrogens with one attached hydrogen (secondary N) is 2. The molecule has 1 aliphatic rings. The molecule has 8 heteroatoms. The number of guanidine groups is 1. The molecule has 0 bridgehead atoms. The minimum Gasteiger partial charge on any atom is -0.357 e. The first-order valence-electron chi connectivity index (χ1n) is 6.44. The van der Waals surface area contributed by atoms with Crippen LogP contribution in [0.4, 0.5) is 0 Å². The smallest absolute Gasteiger partial charge is 0.211 e. The second-order valence-electron chi connectivity index (χ2n) is 4.53. The Morgan fingerprint density at radius 3 is 2.32 bits per heavy atom. The number of hydrogen-bond donors (Lipinski definition) is 2. The lowest BCUT2D eigenvalue weighted by atomic mass is 10.1. The van der Waals surface area contributed by atoms with E-state index in [0.717, 1.165) is 25.5 Å². The molecule has 0 saturated carbocycles. The summed E-state index contributed by atoms with van der Waals surface area (Å²) in [6.45, 7) is 7.57. The number of sulfonamides is 1. The Bertz CT molecular complexity index is 378. The Labute approximate surface area is 133 Å². The van der Waals surface area contributed by atoms with Gasteiger partial charge in [0.25, 0.3) is 0 Å². The van der Waals surface area contributed by atoms with Crippen molar-refractivity contribution >= 4 is 40.0 Å². The minimum absolute atomic E-state index is 0. The van der Waals surface area contributed by atoms with E-state index in [9.17, 15) is 8.42 Å². The zero-order valence-electron chi connectivity index (χ0n) is 11.8. The third-order valence-corrected chi connectivity index (χ3v) is 4.18. The highest BCUT2D eigenvalue weighted by Gasteiger charge is 2.28. The van der Waals surface area contributed by atoms with E-state index in [2.05, 4.69) is 15.6 Å². The lowest BCUT2D eigenvalue weighted by Gasteiger charge is -2.13. The zero-order chi connectivity index (χ0) is 13.6. The third kappa shape index (κ3) is 6.75. The Morgan fingerprint density at radius 1 is 1.32 bits per heavy atom. The molecule has 1 heterocycles. The maximum atomic E-state index is 11.4. The molecule has 19 heavy (non-hydrogen) atoms. The lowest BCUT2D eigenvalue weighted by Crippen LogP contribution is -2.37. The van der Waals surface area contributed by atoms with Gasteiger partial charge in [-0.05, 0) is 26.2 Å². The molecule has 1 unspecified atom stereocenters. The van der Waals surface area contributed by atoms with Crippen molar-refractivity contribution in [2.24, 2.45) is 10.9 Å². The van der Waals surface area contributed by atoms with Gasteiger partial charge in [0.2, 0.25) is 10.0 Å². The predicted octanol–water partition coefficient (Wildman–Crippen LogP) is 0.461. The van der Waals surface area contributed by atoms with Gasteiger partial charge in [0.1, 0.15) is 0 Å². The van der Waals surface area contributed by atoms with Crippen LogP contribution in [-0.4, -0.2) is 57.7 Å². The average molecular weight is 404 g/mol. The molecule has 0 aromatic heterocycles. The van der Waals surface area contributed by atoms with E-state index >= 15 is 0 Å². The van der Waals surface area contributed by atoms with Crippen molar-refractivity contribution in [3.05, 3.63) is 0 Å². The summed E-state index contributed by atoms with van der Waals surface area (Å²) in [5.74, 6) is 1.13. The Morgan fingerprint density at radius 2 is 1.89 bits per heavy atom. The van der Waals surface area contributed by atoms with Crippen molar-refractivity contribution in [3.8, 4) is 0 Å². The molecule has 6 nitrogen and oxygen atoms in total. The van der Waals surface area contributed by atoms with Crippen molar-refractivity contribution in [2.75, 3.05) is 39.0 Å². The summed E-state index contributed by atoms with van der Waals surface area (Å²) in [4.78, 5) is 4.47. The van der Waals surface area contributed by atoms with E-state index in [4.69, 9.17) is 0 Å². The Hall–Kier alpha value is -0.0900. The van der Waals surface area contributed by atoms with Gasteiger partial charge in [0, 0.05) is 32.7 Å². The number of hydrogen-bond acceptors (Lipinski definition) is 3. The minimum atomic E-state index is -3.04. The zero-order valence-corrected chi connectivity index (χ0v) is 15.0. The molecule has 0 spiro atoms. The van der Waals surface area contributed by atoms with Crippen molar-refractivity contribution < 1.29 is 8.42 Å². The lowest BCUT2D eigenvalue weighted by molar-refractivity contribution is 0.464. The maximum Gasteiger partial charge on any atom is 0.211 e. The van der Waals surface area contributed by atoms with Crippen LogP contribution in [0.1, 0.15) is 20.3 Å². The molecule has 2 N–H and O–H groups in total. The van der Waals surface area contributed by atoms with E-state index in [1.807, 2.05) is 13.8 Å². The highest BCUT2D eigenvalue weighted by atomic mass is 127. The molecule has 1 aliphatic heterocycles. The molecule has 1 rings (SSSR count). The maximum absolute atomic E-state index is 11.4. The van der Waals surface area contributed by atoms with Crippen LogP contribution in [0.3, 0.4) is 0 Å². The summed E-state index contributed by atoms with van der Waals surface area (Å²) in [5.41, 5.74) is 0. The van der Waals surface area contributed by atoms with Crippen LogP contribution in [0.2, 0.25) is 0 Å². The summed E-state index contributed by atoms with van der Waals surface area (Å²) < 4.78 is 24.3. The quantitative estimate of drug-likeness (QED) is 0.397. The van der Waals surface area contributed by atoms with Crippen molar-refractivity contribution in [2.45, 2.75) is 20.3 Å². The largest absolute Gasteiger partial charge is 0.357 e. The fraction of sp³-hybridized carbons (Fsp3) is 0.909. The fourth-order valence-corrected chi connectivity index (χ4v) is 2.90. The second-order valence-corrected chi connectivity index (χ2v) is 6.51. The van der Waals surface area contributed by atoms with Crippen molar-refractivity contribution in [1.29, 1.82) is 0 Å². The molecule has 0 aliphatic carbocycles. The van der Waals surface area contributed by atoms with Gasteiger partial charge in [-0.2, -0.15) is 0 Å². The van der Waals surface area contributed by atoms with E-state index in [0.29, 0.717) is 25.6 Å².